The fourth-order valence-electron chi connectivity index (χ4n) is 11.7. The number of pyridine rings is 1. The molecule has 1 aliphatic carbocycles. The Hall–Kier alpha value is -6.66. The van der Waals surface area contributed by atoms with Gasteiger partial charge in [0, 0.05) is 100 Å². The highest BCUT2D eigenvalue weighted by Crippen LogP contribution is 2.36. The molecule has 0 radical (unpaired) electrons. The zero-order valence-electron chi connectivity index (χ0n) is 39.6. The molecule has 1 N–H and O–H groups in total. The first kappa shape index (κ1) is 44.8. The quantitative estimate of drug-likeness (QED) is 0.175. The third-order valence-electron chi connectivity index (χ3n) is 15.8. The summed E-state index contributed by atoms with van der Waals surface area (Å²) in [5, 5.41) is 15.2. The summed E-state index contributed by atoms with van der Waals surface area (Å²) in [6, 6.07) is 14.5. The summed E-state index contributed by atoms with van der Waals surface area (Å²) in [6.07, 6.45) is 6.68. The Labute approximate surface area is 401 Å². The Kier molecular flexibility index (Phi) is 11.9. The van der Waals surface area contributed by atoms with Crippen molar-refractivity contribution in [3.05, 3.63) is 93.8 Å². The lowest BCUT2D eigenvalue weighted by molar-refractivity contribution is -0.132. The Balaban J connectivity index is 0.627. The van der Waals surface area contributed by atoms with Gasteiger partial charge >= 0.3 is 0 Å². The molecule has 4 aromatic rings. The lowest BCUT2D eigenvalue weighted by atomic mass is 9.92. The summed E-state index contributed by atoms with van der Waals surface area (Å²) in [5.41, 5.74) is 7.85. The largest absolute Gasteiger partial charge is 0.371 e. The standard InChI is InChI=1S/C51H59N13O5/c1-31-46(32(2)64-51(58(31)3)55-56-57-64)48(67)54-37-5-4-36-28-53-47(41(36)25-37)35-10-15-52-45(24-35)62-22-20-60(21-23-62)30-33-11-16-59(17-12-33)29-34-13-18-61(19-14-34)38-6-8-40-42(26-38)50(69)63(49(40)68)43-9-7-39(65)27-44(43)66/h4-6,8,10,15,24-26,32-34,43H,7,9,11-14,16-23,27-30H2,1-3H3,(H,54,67)/t32-,43?/m1/s1. The molecule has 2 aromatic carbocycles. The van der Waals surface area contributed by atoms with E-state index >= 15 is 0 Å². The minimum atomic E-state index is -0.850. The number of fused-ring (bicyclic) bond motifs is 3. The molecule has 69 heavy (non-hydrogen) atoms. The van der Waals surface area contributed by atoms with E-state index in [9.17, 15) is 24.0 Å². The summed E-state index contributed by atoms with van der Waals surface area (Å²) in [7, 11) is 1.86. The van der Waals surface area contributed by atoms with Gasteiger partial charge in [-0.15, -0.1) is 0 Å². The molecule has 3 amide bonds. The van der Waals surface area contributed by atoms with E-state index in [2.05, 4.69) is 46.5 Å². The average molecular weight is 934 g/mol. The van der Waals surface area contributed by atoms with Crippen LogP contribution in [-0.4, -0.2) is 153 Å². The number of tetrazole rings is 1. The number of amides is 3. The summed E-state index contributed by atoms with van der Waals surface area (Å²) in [4.78, 5) is 87.4. The Bertz CT molecular complexity index is 2800. The van der Waals surface area contributed by atoms with Gasteiger partial charge in [-0.25, -0.2) is 9.67 Å². The zero-order valence-corrected chi connectivity index (χ0v) is 39.6. The SMILES string of the molecule is CC1=C(C(=O)Nc2ccc3c(c2)C(c2ccnc(N4CCN(CC5CCN(CC6CCN(c7ccc8c(c7)C(=O)N(C7CCC(=O)CC7=O)C8=O)CC6)CC5)CC4)c2)=NC3)[C@@H](C)n2nnnc2N1C. The van der Waals surface area contributed by atoms with Crippen molar-refractivity contribution < 1.29 is 24.0 Å². The van der Waals surface area contributed by atoms with Crippen LogP contribution in [0.25, 0.3) is 0 Å². The number of imide groups is 1. The van der Waals surface area contributed by atoms with Crippen molar-refractivity contribution in [2.45, 2.75) is 77.4 Å². The van der Waals surface area contributed by atoms with Crippen LogP contribution in [0.5, 0.6) is 0 Å². The average Bonchev–Trinajstić information content (AvgIpc) is 4.09. The normalized spacial score (nSPS) is 22.9. The molecule has 11 rings (SSSR count). The van der Waals surface area contributed by atoms with Crippen LogP contribution in [0.1, 0.15) is 102 Å². The highest BCUT2D eigenvalue weighted by molar-refractivity contribution is 6.24. The number of anilines is 4. The second-order valence-electron chi connectivity index (χ2n) is 20.0. The van der Waals surface area contributed by atoms with Gasteiger partial charge in [-0.05, 0) is 129 Å². The first-order chi connectivity index (χ1) is 33.5. The number of rotatable bonds is 10. The van der Waals surface area contributed by atoms with Crippen LogP contribution >= 0.6 is 0 Å². The maximum atomic E-state index is 13.7. The van der Waals surface area contributed by atoms with Crippen molar-refractivity contribution in [2.75, 3.05) is 92.5 Å². The van der Waals surface area contributed by atoms with E-state index < -0.39 is 17.9 Å². The van der Waals surface area contributed by atoms with E-state index in [-0.39, 0.29) is 42.8 Å². The molecule has 7 aliphatic rings. The van der Waals surface area contributed by atoms with Crippen LogP contribution < -0.4 is 20.0 Å². The number of Topliss-reactive ketones (excluding diaryl/α,β-unsaturated/α-hetero) is 2. The number of allylic oxidation sites excluding steroid dienone is 1. The third-order valence-corrected chi connectivity index (χ3v) is 15.8. The van der Waals surface area contributed by atoms with Crippen molar-refractivity contribution in [1.82, 2.24) is 39.9 Å². The molecule has 1 unspecified atom stereocenters. The van der Waals surface area contributed by atoms with Crippen molar-refractivity contribution in [3.8, 4) is 0 Å². The smallest absolute Gasteiger partial charge is 0.262 e. The van der Waals surface area contributed by atoms with Crippen LogP contribution in [0.2, 0.25) is 0 Å². The maximum absolute atomic E-state index is 13.7. The van der Waals surface area contributed by atoms with Crippen LogP contribution in [0.15, 0.2) is 71.0 Å². The maximum Gasteiger partial charge on any atom is 0.262 e. The monoisotopic (exact) mass is 933 g/mol. The third kappa shape index (κ3) is 8.51. The molecule has 6 aliphatic heterocycles. The number of nitrogens with zero attached hydrogens (tertiary/aromatic N) is 12. The van der Waals surface area contributed by atoms with E-state index in [0.29, 0.717) is 46.7 Å². The fraction of sp³-hybridized carbons (Fsp3) is 0.490. The molecule has 18 heteroatoms. The van der Waals surface area contributed by atoms with Gasteiger partial charge in [0.15, 0.2) is 5.78 Å². The number of hydrogen-bond donors (Lipinski definition) is 1. The van der Waals surface area contributed by atoms with Crippen LogP contribution in [0.4, 0.5) is 23.1 Å². The topological polar surface area (TPSA) is 186 Å². The van der Waals surface area contributed by atoms with Gasteiger partial charge in [0.2, 0.25) is 5.95 Å². The number of hydrogen-bond acceptors (Lipinski definition) is 15. The van der Waals surface area contributed by atoms with Gasteiger partial charge in [0.05, 0.1) is 47.5 Å². The summed E-state index contributed by atoms with van der Waals surface area (Å²) >= 11 is 0. The number of ketones is 2. The van der Waals surface area contributed by atoms with Crippen molar-refractivity contribution >= 4 is 58.1 Å². The first-order valence-electron chi connectivity index (χ1n) is 24.7. The second kappa shape index (κ2) is 18.3. The van der Waals surface area contributed by atoms with E-state index in [1.807, 2.05) is 68.4 Å². The van der Waals surface area contributed by atoms with Gasteiger partial charge in [0.1, 0.15) is 11.6 Å². The molecule has 0 bridgehead atoms. The van der Waals surface area contributed by atoms with Crippen molar-refractivity contribution in [1.29, 1.82) is 0 Å². The van der Waals surface area contributed by atoms with E-state index in [4.69, 9.17) is 9.98 Å². The van der Waals surface area contributed by atoms with Crippen LogP contribution in [0, 0.1) is 11.8 Å². The number of carbonyl (C=O) groups excluding carboxylic acids is 5. The van der Waals surface area contributed by atoms with Gasteiger partial charge in [-0.1, -0.05) is 11.2 Å². The second-order valence-corrected chi connectivity index (χ2v) is 20.0. The number of piperazine rings is 1. The molecule has 358 valence electrons. The van der Waals surface area contributed by atoms with Gasteiger partial charge in [0.25, 0.3) is 17.7 Å². The zero-order chi connectivity index (χ0) is 47.5. The number of benzene rings is 2. The Morgan fingerprint density at radius 1 is 0.768 bits per heavy atom. The molecule has 8 heterocycles. The summed E-state index contributed by atoms with van der Waals surface area (Å²) < 4.78 is 1.66. The molecule has 1 saturated carbocycles. The predicted octanol–water partition coefficient (Wildman–Crippen LogP) is 4.38. The Morgan fingerprint density at radius 2 is 1.49 bits per heavy atom. The summed E-state index contributed by atoms with van der Waals surface area (Å²) in [5.74, 6) is 1.37. The minimum Gasteiger partial charge on any atom is -0.371 e. The number of likely N-dealkylation sites (tertiary alicyclic amines) is 1. The van der Waals surface area contributed by atoms with E-state index in [0.717, 1.165) is 123 Å². The lowest BCUT2D eigenvalue weighted by Crippen LogP contribution is -2.49. The van der Waals surface area contributed by atoms with E-state index in [1.54, 1.807) is 10.7 Å². The number of piperidine rings is 2. The Morgan fingerprint density at radius 3 is 2.25 bits per heavy atom. The molecule has 2 aromatic heterocycles. The van der Waals surface area contributed by atoms with Gasteiger partial charge < -0.3 is 24.9 Å². The molecule has 4 fully saturated rings. The van der Waals surface area contributed by atoms with Gasteiger partial charge in [-0.2, -0.15) is 0 Å². The summed E-state index contributed by atoms with van der Waals surface area (Å²) in [6.45, 7) is 14.6. The first-order valence-corrected chi connectivity index (χ1v) is 24.7. The molecule has 0 spiro atoms. The molecule has 3 saturated heterocycles. The van der Waals surface area contributed by atoms with E-state index in [1.165, 1.54) is 12.8 Å². The van der Waals surface area contributed by atoms with Gasteiger partial charge in [-0.3, -0.25) is 38.8 Å². The minimum absolute atomic E-state index is 0.132. The number of aliphatic imine (C=N–C) groups is 1. The highest BCUT2D eigenvalue weighted by atomic mass is 16.2. The molecular weight excluding hydrogens is 875 g/mol. The molecule has 18 nitrogen and oxygen atoms in total. The van der Waals surface area contributed by atoms with Crippen molar-refractivity contribution in [3.63, 3.8) is 0 Å². The fourth-order valence-corrected chi connectivity index (χ4v) is 11.7. The number of carbonyl (C=O) groups is 5. The predicted molar refractivity (Wildman–Crippen MR) is 260 cm³/mol. The number of aromatic nitrogens is 5. The lowest BCUT2D eigenvalue weighted by Gasteiger charge is -2.41. The number of nitrogens with one attached hydrogen (secondary N) is 1. The molecular formula is C51H59N13O5. The highest BCUT2D eigenvalue weighted by Gasteiger charge is 2.45. The van der Waals surface area contributed by atoms with Crippen LogP contribution in [0.3, 0.4) is 0 Å². The molecule has 2 atom stereocenters. The van der Waals surface area contributed by atoms with Crippen molar-refractivity contribution in [2.24, 2.45) is 16.8 Å². The van der Waals surface area contributed by atoms with Crippen LogP contribution in [-0.2, 0) is 20.9 Å².